The Labute approximate surface area is 108 Å². The summed E-state index contributed by atoms with van der Waals surface area (Å²) in [5.41, 5.74) is 1.02. The van der Waals surface area contributed by atoms with Crippen LogP contribution in [0.5, 0.6) is 0 Å². The molecule has 0 spiro atoms. The van der Waals surface area contributed by atoms with Crippen LogP contribution in [0.15, 0.2) is 43.0 Å². The van der Waals surface area contributed by atoms with Crippen LogP contribution in [0.1, 0.15) is 18.4 Å². The summed E-state index contributed by atoms with van der Waals surface area (Å²) in [7, 11) is 0. The van der Waals surface area contributed by atoms with Crippen molar-refractivity contribution in [3.63, 3.8) is 0 Å². The summed E-state index contributed by atoms with van der Waals surface area (Å²) in [6.45, 7) is 5.67. The molecule has 0 aromatic heterocycles. The van der Waals surface area contributed by atoms with Gasteiger partial charge in [-0.05, 0) is 24.3 Å². The monoisotopic (exact) mass is 245 g/mol. The maximum atomic E-state index is 11.8. The second-order valence-electron chi connectivity index (χ2n) is 4.67. The minimum Gasteiger partial charge on any atom is -0.445 e. The van der Waals surface area contributed by atoms with Gasteiger partial charge in [0.1, 0.15) is 6.61 Å². The van der Waals surface area contributed by atoms with E-state index in [4.69, 9.17) is 4.74 Å². The molecule has 1 heterocycles. The number of likely N-dealkylation sites (tertiary alicyclic amines) is 1. The van der Waals surface area contributed by atoms with Gasteiger partial charge in [0.25, 0.3) is 0 Å². The fourth-order valence-corrected chi connectivity index (χ4v) is 2.24. The van der Waals surface area contributed by atoms with Gasteiger partial charge in [0, 0.05) is 13.1 Å². The minimum atomic E-state index is -0.203. The van der Waals surface area contributed by atoms with Crippen LogP contribution in [0.3, 0.4) is 0 Å². The molecule has 1 amide bonds. The first kappa shape index (κ1) is 12.7. The maximum absolute atomic E-state index is 11.8. The Kier molecular flexibility index (Phi) is 4.40. The Morgan fingerprint density at radius 3 is 2.94 bits per heavy atom. The zero-order valence-electron chi connectivity index (χ0n) is 10.5. The smallest absolute Gasteiger partial charge is 0.410 e. The molecule has 0 aliphatic carbocycles. The van der Waals surface area contributed by atoms with Crippen molar-refractivity contribution in [1.29, 1.82) is 0 Å². The third-order valence-electron chi connectivity index (χ3n) is 3.25. The number of carbonyl (C=O) groups excluding carboxylic acids is 1. The van der Waals surface area contributed by atoms with Crippen LogP contribution in [0.25, 0.3) is 0 Å². The molecule has 96 valence electrons. The van der Waals surface area contributed by atoms with E-state index in [0.717, 1.165) is 31.5 Å². The Balaban J connectivity index is 1.77. The number of hydrogen-bond donors (Lipinski definition) is 0. The van der Waals surface area contributed by atoms with Crippen molar-refractivity contribution < 1.29 is 9.53 Å². The Morgan fingerprint density at radius 2 is 2.22 bits per heavy atom. The molecule has 1 aromatic rings. The van der Waals surface area contributed by atoms with Crippen LogP contribution < -0.4 is 0 Å². The molecule has 1 fully saturated rings. The van der Waals surface area contributed by atoms with E-state index in [-0.39, 0.29) is 6.09 Å². The Hall–Kier alpha value is -1.77. The van der Waals surface area contributed by atoms with E-state index in [1.54, 1.807) is 4.90 Å². The summed E-state index contributed by atoms with van der Waals surface area (Å²) in [6, 6.07) is 9.75. The van der Waals surface area contributed by atoms with Crippen LogP contribution in [-0.2, 0) is 11.3 Å². The lowest BCUT2D eigenvalue weighted by atomic mass is 10.1. The average Bonchev–Trinajstić information content (AvgIpc) is 2.86. The predicted molar refractivity (Wildman–Crippen MR) is 71.1 cm³/mol. The van der Waals surface area contributed by atoms with Gasteiger partial charge in [-0.2, -0.15) is 0 Å². The van der Waals surface area contributed by atoms with E-state index in [1.165, 1.54) is 0 Å². The van der Waals surface area contributed by atoms with Crippen LogP contribution >= 0.6 is 0 Å². The van der Waals surface area contributed by atoms with E-state index in [0.29, 0.717) is 12.5 Å². The van der Waals surface area contributed by atoms with Crippen LogP contribution in [-0.4, -0.2) is 24.1 Å². The van der Waals surface area contributed by atoms with Crippen LogP contribution in [0.4, 0.5) is 4.79 Å². The van der Waals surface area contributed by atoms with Gasteiger partial charge in [-0.3, -0.25) is 0 Å². The molecule has 1 saturated heterocycles. The highest BCUT2D eigenvalue weighted by Crippen LogP contribution is 2.20. The molecule has 1 aliphatic heterocycles. The van der Waals surface area contributed by atoms with E-state index in [9.17, 15) is 4.79 Å². The SMILES string of the molecule is C=CC[C@H]1CCN(C(=O)OCc2ccccc2)C1. The number of amides is 1. The summed E-state index contributed by atoms with van der Waals surface area (Å²) in [6.07, 6.45) is 3.74. The normalized spacial score (nSPS) is 18.7. The maximum Gasteiger partial charge on any atom is 0.410 e. The van der Waals surface area contributed by atoms with Gasteiger partial charge >= 0.3 is 6.09 Å². The fraction of sp³-hybridized carbons (Fsp3) is 0.400. The van der Waals surface area contributed by atoms with Crippen LogP contribution in [0, 0.1) is 5.92 Å². The summed E-state index contributed by atoms with van der Waals surface area (Å²) in [4.78, 5) is 13.6. The second kappa shape index (κ2) is 6.24. The molecular weight excluding hydrogens is 226 g/mol. The van der Waals surface area contributed by atoms with Crippen molar-refractivity contribution in [1.82, 2.24) is 4.90 Å². The highest BCUT2D eigenvalue weighted by Gasteiger charge is 2.26. The number of benzene rings is 1. The van der Waals surface area contributed by atoms with Gasteiger partial charge in [-0.1, -0.05) is 36.4 Å². The molecule has 1 atom stereocenters. The Bertz CT molecular complexity index is 402. The van der Waals surface area contributed by atoms with Crippen molar-refractivity contribution in [2.45, 2.75) is 19.4 Å². The van der Waals surface area contributed by atoms with E-state index < -0.39 is 0 Å². The van der Waals surface area contributed by atoms with E-state index in [1.807, 2.05) is 36.4 Å². The third kappa shape index (κ3) is 3.36. The Morgan fingerprint density at radius 1 is 1.44 bits per heavy atom. The lowest BCUT2D eigenvalue weighted by molar-refractivity contribution is 0.103. The molecule has 0 bridgehead atoms. The van der Waals surface area contributed by atoms with Gasteiger partial charge in [-0.15, -0.1) is 6.58 Å². The van der Waals surface area contributed by atoms with Gasteiger partial charge < -0.3 is 9.64 Å². The number of rotatable bonds is 4. The molecule has 0 N–H and O–H groups in total. The second-order valence-corrected chi connectivity index (χ2v) is 4.67. The number of carbonyl (C=O) groups is 1. The standard InChI is InChI=1S/C15H19NO2/c1-2-6-13-9-10-16(11-13)15(17)18-12-14-7-4-3-5-8-14/h2-5,7-8,13H,1,6,9-12H2/t13-/m0/s1. The van der Waals surface area contributed by atoms with Crippen molar-refractivity contribution in [2.75, 3.05) is 13.1 Å². The number of hydrogen-bond acceptors (Lipinski definition) is 2. The minimum absolute atomic E-state index is 0.203. The lowest BCUT2D eigenvalue weighted by Gasteiger charge is -2.16. The zero-order valence-corrected chi connectivity index (χ0v) is 10.5. The van der Waals surface area contributed by atoms with Crippen molar-refractivity contribution >= 4 is 6.09 Å². The number of ether oxygens (including phenoxy) is 1. The molecule has 1 aliphatic rings. The molecule has 0 unspecified atom stereocenters. The van der Waals surface area contributed by atoms with Gasteiger partial charge in [0.2, 0.25) is 0 Å². The van der Waals surface area contributed by atoms with E-state index in [2.05, 4.69) is 6.58 Å². The molecule has 3 nitrogen and oxygen atoms in total. The van der Waals surface area contributed by atoms with Crippen molar-refractivity contribution in [3.8, 4) is 0 Å². The van der Waals surface area contributed by atoms with Gasteiger partial charge in [0.05, 0.1) is 0 Å². The summed E-state index contributed by atoms with van der Waals surface area (Å²) >= 11 is 0. The first-order chi connectivity index (χ1) is 8.79. The molecule has 1 aromatic carbocycles. The first-order valence-corrected chi connectivity index (χ1v) is 6.36. The summed E-state index contributed by atoms with van der Waals surface area (Å²) < 4.78 is 5.30. The van der Waals surface area contributed by atoms with Crippen LogP contribution in [0.2, 0.25) is 0 Å². The van der Waals surface area contributed by atoms with Crippen molar-refractivity contribution in [3.05, 3.63) is 48.6 Å². The summed E-state index contributed by atoms with van der Waals surface area (Å²) in [5, 5.41) is 0. The lowest BCUT2D eigenvalue weighted by Crippen LogP contribution is -2.29. The zero-order chi connectivity index (χ0) is 12.8. The number of allylic oxidation sites excluding steroid dienone is 1. The van der Waals surface area contributed by atoms with Crippen molar-refractivity contribution in [2.24, 2.45) is 5.92 Å². The first-order valence-electron chi connectivity index (χ1n) is 6.36. The molecular formula is C15H19NO2. The van der Waals surface area contributed by atoms with E-state index >= 15 is 0 Å². The largest absolute Gasteiger partial charge is 0.445 e. The van der Waals surface area contributed by atoms with Gasteiger partial charge in [-0.25, -0.2) is 4.79 Å². The highest BCUT2D eigenvalue weighted by atomic mass is 16.6. The quantitative estimate of drug-likeness (QED) is 0.762. The molecule has 0 saturated carbocycles. The third-order valence-corrected chi connectivity index (χ3v) is 3.25. The molecule has 3 heteroatoms. The number of nitrogens with zero attached hydrogens (tertiary/aromatic N) is 1. The summed E-state index contributed by atoms with van der Waals surface area (Å²) in [5.74, 6) is 0.548. The molecule has 0 radical (unpaired) electrons. The topological polar surface area (TPSA) is 29.5 Å². The average molecular weight is 245 g/mol. The highest BCUT2D eigenvalue weighted by molar-refractivity contribution is 5.68. The van der Waals surface area contributed by atoms with Gasteiger partial charge in [0.15, 0.2) is 0 Å². The molecule has 18 heavy (non-hydrogen) atoms. The predicted octanol–water partition coefficient (Wildman–Crippen LogP) is 3.22. The molecule has 2 rings (SSSR count). The fourth-order valence-electron chi connectivity index (χ4n) is 2.24.